The predicted octanol–water partition coefficient (Wildman–Crippen LogP) is 3.53. The highest BCUT2D eigenvalue weighted by molar-refractivity contribution is 6.28. The normalized spacial score (nSPS) is 11.0. The maximum absolute atomic E-state index is 5.94. The van der Waals surface area contributed by atoms with Crippen LogP contribution in [0.25, 0.3) is 22.3 Å². The predicted molar refractivity (Wildman–Crippen MR) is 81.3 cm³/mol. The van der Waals surface area contributed by atoms with E-state index in [1.807, 2.05) is 44.2 Å². The molecule has 0 saturated carbocycles. The van der Waals surface area contributed by atoms with Gasteiger partial charge in [0.25, 0.3) is 0 Å². The Bertz CT molecular complexity index is 791. The number of halogens is 1. The van der Waals surface area contributed by atoms with Crippen LogP contribution in [0.4, 0.5) is 0 Å². The molecule has 0 spiro atoms. The lowest BCUT2D eigenvalue weighted by Gasteiger charge is -2.09. The Morgan fingerprint density at radius 3 is 2.71 bits per heavy atom. The van der Waals surface area contributed by atoms with Crippen LogP contribution in [0.1, 0.15) is 13.8 Å². The Labute approximate surface area is 127 Å². The van der Waals surface area contributed by atoms with Gasteiger partial charge in [-0.2, -0.15) is 15.0 Å². The average molecular weight is 301 g/mol. The van der Waals surface area contributed by atoms with Gasteiger partial charge in [-0.05, 0) is 37.6 Å². The lowest BCUT2D eigenvalue weighted by Crippen LogP contribution is -2.09. The minimum Gasteiger partial charge on any atom is -0.461 e. The summed E-state index contributed by atoms with van der Waals surface area (Å²) in [7, 11) is 0. The number of nitrogens with zero attached hydrogens (tertiary/aromatic N) is 4. The fourth-order valence-corrected chi connectivity index (χ4v) is 2.07. The average Bonchev–Trinajstić information content (AvgIpc) is 2.45. The van der Waals surface area contributed by atoms with Gasteiger partial charge in [0, 0.05) is 17.1 Å². The number of benzene rings is 1. The van der Waals surface area contributed by atoms with Crippen LogP contribution in [0.2, 0.25) is 5.28 Å². The molecule has 0 aliphatic rings. The van der Waals surface area contributed by atoms with Crippen LogP contribution in [0.3, 0.4) is 0 Å². The van der Waals surface area contributed by atoms with Crippen molar-refractivity contribution in [2.45, 2.75) is 20.0 Å². The zero-order valence-electron chi connectivity index (χ0n) is 11.6. The van der Waals surface area contributed by atoms with Crippen LogP contribution in [-0.4, -0.2) is 26.0 Å². The first-order valence-electron chi connectivity index (χ1n) is 6.55. The Morgan fingerprint density at radius 1 is 1.10 bits per heavy atom. The summed E-state index contributed by atoms with van der Waals surface area (Å²) in [6.07, 6.45) is 1.68. The summed E-state index contributed by atoms with van der Waals surface area (Å²) in [5, 5.41) is 1.11. The second kappa shape index (κ2) is 5.61. The van der Waals surface area contributed by atoms with E-state index < -0.39 is 0 Å². The van der Waals surface area contributed by atoms with E-state index in [2.05, 4.69) is 19.9 Å². The fourth-order valence-electron chi connectivity index (χ4n) is 1.92. The van der Waals surface area contributed by atoms with Crippen molar-refractivity contribution in [1.82, 2.24) is 19.9 Å². The molecule has 5 nitrogen and oxygen atoms in total. The van der Waals surface area contributed by atoms with E-state index in [1.165, 1.54) is 0 Å². The molecule has 0 fully saturated rings. The number of ether oxygens (including phenoxy) is 1. The van der Waals surface area contributed by atoms with Gasteiger partial charge in [-0.25, -0.2) is 0 Å². The molecule has 0 unspecified atom stereocenters. The molecule has 2 aromatic heterocycles. The van der Waals surface area contributed by atoms with E-state index in [0.29, 0.717) is 5.82 Å². The van der Waals surface area contributed by atoms with Crippen LogP contribution in [0.15, 0.2) is 36.5 Å². The maximum atomic E-state index is 5.94. The van der Waals surface area contributed by atoms with Crippen molar-refractivity contribution in [2.75, 3.05) is 0 Å². The Morgan fingerprint density at radius 2 is 1.90 bits per heavy atom. The molecular weight excluding hydrogens is 288 g/mol. The highest BCUT2D eigenvalue weighted by Gasteiger charge is 2.10. The van der Waals surface area contributed by atoms with Crippen LogP contribution >= 0.6 is 11.6 Å². The van der Waals surface area contributed by atoms with Gasteiger partial charge in [0.2, 0.25) is 5.28 Å². The zero-order valence-corrected chi connectivity index (χ0v) is 12.4. The molecule has 0 amide bonds. The molecule has 0 radical (unpaired) electrons. The van der Waals surface area contributed by atoms with Gasteiger partial charge in [-0.3, -0.25) is 4.98 Å². The van der Waals surface area contributed by atoms with Crippen molar-refractivity contribution in [1.29, 1.82) is 0 Å². The number of para-hydroxylation sites is 1. The van der Waals surface area contributed by atoms with Gasteiger partial charge in [0.15, 0.2) is 5.82 Å². The smallest absolute Gasteiger partial charge is 0.321 e. The van der Waals surface area contributed by atoms with Gasteiger partial charge < -0.3 is 4.74 Å². The topological polar surface area (TPSA) is 60.8 Å². The van der Waals surface area contributed by atoms with E-state index in [1.54, 1.807) is 6.20 Å². The van der Waals surface area contributed by atoms with Crippen molar-refractivity contribution in [2.24, 2.45) is 0 Å². The number of pyridine rings is 1. The standard InChI is InChI=1S/C15H13ClN4O/c1-9(2)21-15-19-13(18-14(16)20-15)11-7-10-5-3-4-6-12(10)17-8-11/h3-9H,1-2H3. The largest absolute Gasteiger partial charge is 0.461 e. The first-order valence-corrected chi connectivity index (χ1v) is 6.93. The third-order valence-electron chi connectivity index (χ3n) is 2.78. The molecule has 6 heteroatoms. The summed E-state index contributed by atoms with van der Waals surface area (Å²) < 4.78 is 5.48. The summed E-state index contributed by atoms with van der Waals surface area (Å²) in [6, 6.07) is 10.0. The van der Waals surface area contributed by atoms with E-state index in [9.17, 15) is 0 Å². The molecule has 106 valence electrons. The minimum absolute atomic E-state index is 0.0361. The lowest BCUT2D eigenvalue weighted by molar-refractivity contribution is 0.222. The SMILES string of the molecule is CC(C)Oc1nc(Cl)nc(-c2cnc3ccccc3c2)n1. The van der Waals surface area contributed by atoms with Gasteiger partial charge in [-0.15, -0.1) is 0 Å². The van der Waals surface area contributed by atoms with Gasteiger partial charge >= 0.3 is 6.01 Å². The third-order valence-corrected chi connectivity index (χ3v) is 2.95. The van der Waals surface area contributed by atoms with E-state index >= 15 is 0 Å². The summed E-state index contributed by atoms with van der Waals surface area (Å²) >= 11 is 5.94. The molecule has 0 N–H and O–H groups in total. The number of fused-ring (bicyclic) bond motifs is 1. The first kappa shape index (κ1) is 13.7. The van der Waals surface area contributed by atoms with Gasteiger partial charge in [-0.1, -0.05) is 18.2 Å². The van der Waals surface area contributed by atoms with Crippen LogP contribution < -0.4 is 4.74 Å². The van der Waals surface area contributed by atoms with Crippen molar-refractivity contribution < 1.29 is 4.74 Å². The number of aromatic nitrogens is 4. The lowest BCUT2D eigenvalue weighted by atomic mass is 10.1. The molecular formula is C15H13ClN4O. The zero-order chi connectivity index (χ0) is 14.8. The molecule has 3 aromatic rings. The van der Waals surface area contributed by atoms with Crippen LogP contribution in [0.5, 0.6) is 6.01 Å². The molecule has 0 saturated heterocycles. The molecule has 21 heavy (non-hydrogen) atoms. The molecule has 1 aromatic carbocycles. The van der Waals surface area contributed by atoms with E-state index in [4.69, 9.17) is 16.3 Å². The second-order valence-electron chi connectivity index (χ2n) is 4.79. The second-order valence-corrected chi connectivity index (χ2v) is 5.13. The highest BCUT2D eigenvalue weighted by Crippen LogP contribution is 2.22. The molecule has 2 heterocycles. The van der Waals surface area contributed by atoms with Crippen molar-refractivity contribution >= 4 is 22.5 Å². The molecule has 0 atom stereocenters. The number of rotatable bonds is 3. The monoisotopic (exact) mass is 300 g/mol. The van der Waals surface area contributed by atoms with Crippen LogP contribution in [0, 0.1) is 0 Å². The highest BCUT2D eigenvalue weighted by atomic mass is 35.5. The first-order chi connectivity index (χ1) is 10.1. The molecule has 3 rings (SSSR count). The van der Waals surface area contributed by atoms with E-state index in [0.717, 1.165) is 16.5 Å². The summed E-state index contributed by atoms with van der Waals surface area (Å²) in [6.45, 7) is 3.80. The minimum atomic E-state index is -0.0361. The number of hydrogen-bond donors (Lipinski definition) is 0. The summed E-state index contributed by atoms with van der Waals surface area (Å²) in [4.78, 5) is 16.8. The Hall–Kier alpha value is -2.27. The quantitative estimate of drug-likeness (QED) is 0.740. The summed E-state index contributed by atoms with van der Waals surface area (Å²) in [5.41, 5.74) is 1.69. The van der Waals surface area contributed by atoms with Gasteiger partial charge in [0.05, 0.1) is 11.6 Å². The molecule has 0 aliphatic heterocycles. The van der Waals surface area contributed by atoms with Crippen molar-refractivity contribution in [3.05, 3.63) is 41.8 Å². The van der Waals surface area contributed by atoms with Gasteiger partial charge in [0.1, 0.15) is 0 Å². The summed E-state index contributed by atoms with van der Waals surface area (Å²) in [5.74, 6) is 0.448. The Balaban J connectivity index is 2.06. The molecule has 0 aliphatic carbocycles. The third kappa shape index (κ3) is 3.08. The van der Waals surface area contributed by atoms with Crippen LogP contribution in [-0.2, 0) is 0 Å². The Kier molecular flexibility index (Phi) is 3.66. The maximum Gasteiger partial charge on any atom is 0.321 e. The fraction of sp³-hybridized carbons (Fsp3) is 0.200. The number of hydrogen-bond acceptors (Lipinski definition) is 5. The van der Waals surface area contributed by atoms with E-state index in [-0.39, 0.29) is 17.4 Å². The van der Waals surface area contributed by atoms with Crippen molar-refractivity contribution in [3.8, 4) is 17.4 Å². The molecule has 0 bridgehead atoms. The van der Waals surface area contributed by atoms with Crippen molar-refractivity contribution in [3.63, 3.8) is 0 Å².